The van der Waals surface area contributed by atoms with E-state index in [4.69, 9.17) is 0 Å². The van der Waals surface area contributed by atoms with Gasteiger partial charge in [0.25, 0.3) is 11.6 Å². The molecule has 0 aliphatic carbocycles. The van der Waals surface area contributed by atoms with E-state index in [9.17, 15) is 24.8 Å². The number of nitro groups is 1. The number of aromatic hydroxyl groups is 1. The largest absolute Gasteiger partial charge is 0.508 e. The first kappa shape index (κ1) is 16.4. The molecule has 0 saturated carbocycles. The van der Waals surface area contributed by atoms with Crippen molar-refractivity contribution in [2.45, 2.75) is 12.8 Å². The summed E-state index contributed by atoms with van der Waals surface area (Å²) in [6.45, 7) is 0.237. The molecule has 0 heterocycles. The molecule has 0 saturated heterocycles. The standard InChI is InChI=1S/C13H16N2O6/c1-14(7-3-4-12(17)21-2)13(18)10-8-9(16)5-6-11(10)15(19)20/h5-6,8,16H,3-4,7H2,1-2H3. The summed E-state index contributed by atoms with van der Waals surface area (Å²) in [4.78, 5) is 34.6. The minimum absolute atomic E-state index is 0.149. The van der Waals surface area contributed by atoms with E-state index in [1.807, 2.05) is 0 Å². The molecule has 0 aliphatic heterocycles. The van der Waals surface area contributed by atoms with E-state index >= 15 is 0 Å². The third-order valence-electron chi connectivity index (χ3n) is 2.86. The van der Waals surface area contributed by atoms with Crippen LogP contribution in [0.3, 0.4) is 0 Å². The van der Waals surface area contributed by atoms with Crippen LogP contribution < -0.4 is 0 Å². The lowest BCUT2D eigenvalue weighted by atomic mass is 10.1. The van der Waals surface area contributed by atoms with E-state index in [1.54, 1.807) is 0 Å². The van der Waals surface area contributed by atoms with Gasteiger partial charge in [-0.05, 0) is 18.6 Å². The maximum Gasteiger partial charge on any atom is 0.305 e. The number of rotatable bonds is 6. The normalized spacial score (nSPS) is 10.0. The molecule has 0 aromatic heterocycles. The van der Waals surface area contributed by atoms with Gasteiger partial charge in [0, 0.05) is 26.1 Å². The van der Waals surface area contributed by atoms with Crippen molar-refractivity contribution in [2.24, 2.45) is 0 Å². The van der Waals surface area contributed by atoms with E-state index < -0.39 is 10.8 Å². The monoisotopic (exact) mass is 296 g/mol. The molecule has 0 spiro atoms. The third-order valence-corrected chi connectivity index (χ3v) is 2.86. The van der Waals surface area contributed by atoms with E-state index in [-0.39, 0.29) is 35.9 Å². The Bertz CT molecular complexity index is 558. The molecule has 0 fully saturated rings. The van der Waals surface area contributed by atoms with Crippen molar-refractivity contribution in [3.8, 4) is 5.75 Å². The number of ether oxygens (including phenoxy) is 1. The van der Waals surface area contributed by atoms with Gasteiger partial charge in [-0.1, -0.05) is 0 Å². The SMILES string of the molecule is COC(=O)CCCN(C)C(=O)c1cc(O)ccc1[N+](=O)[O-]. The van der Waals surface area contributed by atoms with Crippen molar-refractivity contribution >= 4 is 17.6 Å². The lowest BCUT2D eigenvalue weighted by Gasteiger charge is -2.16. The highest BCUT2D eigenvalue weighted by Crippen LogP contribution is 2.24. The second-order valence-corrected chi connectivity index (χ2v) is 4.36. The van der Waals surface area contributed by atoms with Crippen molar-refractivity contribution in [3.05, 3.63) is 33.9 Å². The van der Waals surface area contributed by atoms with Crippen LogP contribution >= 0.6 is 0 Å². The number of phenols is 1. The molecular formula is C13H16N2O6. The van der Waals surface area contributed by atoms with Crippen LogP contribution in [0, 0.1) is 10.1 Å². The first-order valence-electron chi connectivity index (χ1n) is 6.16. The predicted octanol–water partition coefficient (Wildman–Crippen LogP) is 1.33. The first-order valence-corrected chi connectivity index (χ1v) is 6.16. The van der Waals surface area contributed by atoms with Crippen LogP contribution in [0.25, 0.3) is 0 Å². The first-order chi connectivity index (χ1) is 9.86. The van der Waals surface area contributed by atoms with Gasteiger partial charge in [0.1, 0.15) is 11.3 Å². The number of carbonyl (C=O) groups is 2. The maximum atomic E-state index is 12.2. The number of phenolic OH excluding ortho intramolecular Hbond substituents is 1. The van der Waals surface area contributed by atoms with Gasteiger partial charge in [-0.3, -0.25) is 19.7 Å². The molecule has 8 nitrogen and oxygen atoms in total. The van der Waals surface area contributed by atoms with Crippen LogP contribution in [0.4, 0.5) is 5.69 Å². The maximum absolute atomic E-state index is 12.2. The van der Waals surface area contributed by atoms with E-state index in [1.165, 1.54) is 19.1 Å². The number of amides is 1. The Hall–Kier alpha value is -2.64. The summed E-state index contributed by atoms with van der Waals surface area (Å²) in [5, 5.41) is 20.3. The van der Waals surface area contributed by atoms with Crippen molar-refractivity contribution in [1.82, 2.24) is 4.90 Å². The zero-order valence-corrected chi connectivity index (χ0v) is 11.7. The number of nitro benzene ring substituents is 1. The summed E-state index contributed by atoms with van der Waals surface area (Å²) in [6, 6.07) is 3.27. The molecule has 1 aromatic carbocycles. The van der Waals surface area contributed by atoms with Gasteiger partial charge >= 0.3 is 5.97 Å². The minimum atomic E-state index is -0.686. The Morgan fingerprint density at radius 3 is 2.67 bits per heavy atom. The Balaban J connectivity index is 2.80. The molecule has 0 radical (unpaired) electrons. The third kappa shape index (κ3) is 4.44. The van der Waals surface area contributed by atoms with E-state index in [2.05, 4.69) is 4.74 Å². The second kappa shape index (κ2) is 7.22. The number of nitrogens with zero attached hydrogens (tertiary/aromatic N) is 2. The van der Waals surface area contributed by atoms with E-state index in [0.717, 1.165) is 18.2 Å². The fourth-order valence-corrected chi connectivity index (χ4v) is 1.72. The summed E-state index contributed by atoms with van der Waals surface area (Å²) in [5.74, 6) is -1.21. The molecule has 1 rings (SSSR count). The number of hydrogen-bond acceptors (Lipinski definition) is 6. The van der Waals surface area contributed by atoms with Crippen molar-refractivity contribution in [2.75, 3.05) is 20.7 Å². The Morgan fingerprint density at radius 2 is 2.10 bits per heavy atom. The molecule has 0 unspecified atom stereocenters. The van der Waals surface area contributed by atoms with Crippen LogP contribution in [0.15, 0.2) is 18.2 Å². The smallest absolute Gasteiger partial charge is 0.305 e. The van der Waals surface area contributed by atoms with Gasteiger partial charge in [-0.25, -0.2) is 0 Å². The molecule has 0 atom stereocenters. The topological polar surface area (TPSA) is 110 Å². The fraction of sp³-hybridized carbons (Fsp3) is 0.385. The number of methoxy groups -OCH3 is 1. The van der Waals surface area contributed by atoms with Gasteiger partial charge < -0.3 is 14.7 Å². The fourth-order valence-electron chi connectivity index (χ4n) is 1.72. The Labute approximate surface area is 121 Å². The Kier molecular flexibility index (Phi) is 5.65. The number of hydrogen-bond donors (Lipinski definition) is 1. The zero-order valence-electron chi connectivity index (χ0n) is 11.7. The summed E-state index contributed by atoms with van der Waals surface area (Å²) in [5.41, 5.74) is -0.571. The van der Waals surface area contributed by atoms with Crippen LogP contribution in [0.2, 0.25) is 0 Å². The molecule has 0 bridgehead atoms. The molecule has 1 N–H and O–H groups in total. The molecule has 21 heavy (non-hydrogen) atoms. The van der Waals surface area contributed by atoms with Gasteiger partial charge in [-0.2, -0.15) is 0 Å². The molecule has 1 amide bonds. The zero-order chi connectivity index (χ0) is 16.0. The lowest BCUT2D eigenvalue weighted by Crippen LogP contribution is -2.28. The lowest BCUT2D eigenvalue weighted by molar-refractivity contribution is -0.385. The molecule has 114 valence electrons. The van der Waals surface area contributed by atoms with Gasteiger partial charge in [0.2, 0.25) is 0 Å². The van der Waals surface area contributed by atoms with Crippen molar-refractivity contribution in [3.63, 3.8) is 0 Å². The van der Waals surface area contributed by atoms with Crippen LogP contribution in [-0.4, -0.2) is 47.5 Å². The van der Waals surface area contributed by atoms with Gasteiger partial charge in [0.05, 0.1) is 12.0 Å². The van der Waals surface area contributed by atoms with Crippen LogP contribution in [0.1, 0.15) is 23.2 Å². The van der Waals surface area contributed by atoms with Crippen LogP contribution in [0.5, 0.6) is 5.75 Å². The predicted molar refractivity (Wildman–Crippen MR) is 73.0 cm³/mol. The van der Waals surface area contributed by atoms with Crippen LogP contribution in [-0.2, 0) is 9.53 Å². The average Bonchev–Trinajstić information content (AvgIpc) is 2.45. The average molecular weight is 296 g/mol. The number of carbonyl (C=O) groups excluding carboxylic acids is 2. The quantitative estimate of drug-likeness (QED) is 0.481. The highest BCUT2D eigenvalue weighted by atomic mass is 16.6. The summed E-state index contributed by atoms with van der Waals surface area (Å²) < 4.78 is 4.48. The number of benzene rings is 1. The Morgan fingerprint density at radius 1 is 1.43 bits per heavy atom. The van der Waals surface area contributed by atoms with Crippen molar-refractivity contribution in [1.29, 1.82) is 0 Å². The van der Waals surface area contributed by atoms with Gasteiger partial charge in [0.15, 0.2) is 0 Å². The highest BCUT2D eigenvalue weighted by Gasteiger charge is 2.23. The molecule has 0 aliphatic rings. The number of esters is 1. The highest BCUT2D eigenvalue weighted by molar-refractivity contribution is 5.98. The second-order valence-electron chi connectivity index (χ2n) is 4.36. The molecule has 1 aromatic rings. The summed E-state index contributed by atoms with van der Waals surface area (Å²) in [7, 11) is 2.74. The molecule has 8 heteroatoms. The van der Waals surface area contributed by atoms with Crippen molar-refractivity contribution < 1.29 is 24.4 Å². The summed E-state index contributed by atoms with van der Waals surface area (Å²) >= 11 is 0. The molecular weight excluding hydrogens is 280 g/mol. The summed E-state index contributed by atoms with van der Waals surface area (Å²) in [6.07, 6.45) is 0.526. The van der Waals surface area contributed by atoms with Gasteiger partial charge in [-0.15, -0.1) is 0 Å². The van der Waals surface area contributed by atoms with E-state index in [0.29, 0.717) is 6.42 Å². The minimum Gasteiger partial charge on any atom is -0.508 e.